The summed E-state index contributed by atoms with van der Waals surface area (Å²) in [5.74, 6) is -0.511. The number of likely N-dealkylation sites (N-methyl/N-ethyl adjacent to an activating group) is 1. The minimum atomic E-state index is -0.569. The molecule has 0 saturated carbocycles. The van der Waals surface area contributed by atoms with E-state index in [4.69, 9.17) is 9.47 Å². The highest BCUT2D eigenvalue weighted by molar-refractivity contribution is 5.96. The summed E-state index contributed by atoms with van der Waals surface area (Å²) in [5, 5.41) is 2.67. The number of methoxy groups -OCH3 is 2. The minimum absolute atomic E-state index is 0.109. The highest BCUT2D eigenvalue weighted by atomic mass is 16.5. The fraction of sp³-hybridized carbons (Fsp3) is 0.444. The molecule has 0 fully saturated rings. The van der Waals surface area contributed by atoms with Crippen LogP contribution in [0.15, 0.2) is 47.7 Å². The first-order valence-corrected chi connectivity index (χ1v) is 7.81. The van der Waals surface area contributed by atoms with E-state index in [1.54, 1.807) is 19.2 Å². The molecule has 0 aliphatic carbocycles. The topological polar surface area (TPSA) is 67.9 Å². The second kappa shape index (κ2) is 11.2. The Bertz CT molecular complexity index is 547. The highest BCUT2D eigenvalue weighted by Crippen LogP contribution is 2.26. The molecule has 134 valence electrons. The maximum atomic E-state index is 12.2. The number of hydrogen-bond acceptors (Lipinski definition) is 4. The molecule has 1 atom stereocenters. The molecule has 0 aromatic carbocycles. The van der Waals surface area contributed by atoms with Gasteiger partial charge in [0.2, 0.25) is 0 Å². The van der Waals surface area contributed by atoms with E-state index in [1.807, 2.05) is 32.9 Å². The number of nitrogens with zero attached hydrogens (tertiary/aromatic N) is 1. The number of carbonyl (C=O) groups is 2. The number of carbonyl (C=O) groups excluding carboxylic acids is 2. The first-order valence-electron chi connectivity index (χ1n) is 7.81. The zero-order valence-electron chi connectivity index (χ0n) is 15.4. The van der Waals surface area contributed by atoms with Crippen LogP contribution in [0, 0.1) is 0 Å². The summed E-state index contributed by atoms with van der Waals surface area (Å²) in [5.41, 5.74) is 1.50. The summed E-state index contributed by atoms with van der Waals surface area (Å²) >= 11 is 0. The molecule has 0 radical (unpaired) electrons. The number of urea groups is 1. The van der Waals surface area contributed by atoms with Gasteiger partial charge in [0.15, 0.2) is 0 Å². The SMILES string of the molecule is C=C/C=C(\C=C/C)C1C(C(=O)OC)=C(COC)NC(=O)N1C.CC. The van der Waals surface area contributed by atoms with Gasteiger partial charge in [0.05, 0.1) is 31.0 Å². The van der Waals surface area contributed by atoms with E-state index in [2.05, 4.69) is 11.9 Å². The van der Waals surface area contributed by atoms with Gasteiger partial charge in [-0.2, -0.15) is 0 Å². The van der Waals surface area contributed by atoms with Crippen molar-refractivity contribution in [3.05, 3.63) is 47.7 Å². The summed E-state index contributed by atoms with van der Waals surface area (Å²) in [7, 11) is 4.42. The lowest BCUT2D eigenvalue weighted by Crippen LogP contribution is -2.52. The Balaban J connectivity index is 0.00000254. The zero-order chi connectivity index (χ0) is 18.7. The lowest BCUT2D eigenvalue weighted by molar-refractivity contribution is -0.136. The third-order valence-electron chi connectivity index (χ3n) is 3.24. The minimum Gasteiger partial charge on any atom is -0.466 e. The molecular formula is C18H28N2O4. The third-order valence-corrected chi connectivity index (χ3v) is 3.24. The standard InChI is InChI=1S/C16H22N2O4.C2H6/c1-6-8-11(9-7-2)14-13(15(19)22-5)12(10-21-4)17-16(20)18(14)3;1-2/h6-9,14H,1,10H2,2-5H3,(H,17,20);1-2H3/b9-7-,11-8+;. The van der Waals surface area contributed by atoms with Gasteiger partial charge < -0.3 is 19.7 Å². The molecule has 1 aliphatic heterocycles. The van der Waals surface area contributed by atoms with Crippen molar-refractivity contribution in [1.82, 2.24) is 10.2 Å². The van der Waals surface area contributed by atoms with Crippen LogP contribution < -0.4 is 5.32 Å². The Labute approximate surface area is 144 Å². The van der Waals surface area contributed by atoms with Gasteiger partial charge in [0.1, 0.15) is 0 Å². The number of amides is 2. The van der Waals surface area contributed by atoms with Crippen molar-refractivity contribution < 1.29 is 19.1 Å². The van der Waals surface area contributed by atoms with Crippen LogP contribution >= 0.6 is 0 Å². The van der Waals surface area contributed by atoms with E-state index >= 15 is 0 Å². The average Bonchev–Trinajstić information content (AvgIpc) is 2.59. The molecule has 1 N–H and O–H groups in total. The smallest absolute Gasteiger partial charge is 0.338 e. The predicted octanol–water partition coefficient (Wildman–Crippen LogP) is 2.80. The number of allylic oxidation sites excluding steroid dienone is 3. The van der Waals surface area contributed by atoms with Gasteiger partial charge in [-0.15, -0.1) is 0 Å². The molecule has 0 bridgehead atoms. The third kappa shape index (κ3) is 5.09. The zero-order valence-corrected chi connectivity index (χ0v) is 15.4. The van der Waals surface area contributed by atoms with Crippen LogP contribution in [-0.2, 0) is 14.3 Å². The van der Waals surface area contributed by atoms with Crippen molar-refractivity contribution in [2.75, 3.05) is 27.9 Å². The van der Waals surface area contributed by atoms with Crippen molar-refractivity contribution in [1.29, 1.82) is 0 Å². The fourth-order valence-electron chi connectivity index (χ4n) is 2.32. The second-order valence-corrected chi connectivity index (χ2v) is 4.66. The van der Waals surface area contributed by atoms with Crippen LogP contribution in [0.1, 0.15) is 20.8 Å². The number of esters is 1. The lowest BCUT2D eigenvalue weighted by Gasteiger charge is -2.36. The Morgan fingerprint density at radius 2 is 2.00 bits per heavy atom. The Morgan fingerprint density at radius 1 is 1.38 bits per heavy atom. The summed E-state index contributed by atoms with van der Waals surface area (Å²) < 4.78 is 9.96. The Hall–Kier alpha value is -2.34. The Morgan fingerprint density at radius 3 is 2.46 bits per heavy atom. The van der Waals surface area contributed by atoms with Gasteiger partial charge in [0, 0.05) is 14.2 Å². The molecule has 0 aromatic rings. The van der Waals surface area contributed by atoms with Crippen molar-refractivity contribution in [3.8, 4) is 0 Å². The molecule has 6 nitrogen and oxygen atoms in total. The maximum Gasteiger partial charge on any atom is 0.338 e. The largest absolute Gasteiger partial charge is 0.466 e. The van der Waals surface area contributed by atoms with Gasteiger partial charge in [0.25, 0.3) is 0 Å². The van der Waals surface area contributed by atoms with Crippen LogP contribution in [0.5, 0.6) is 0 Å². The first-order chi connectivity index (χ1) is 11.5. The normalized spacial score (nSPS) is 18.1. The molecule has 6 heteroatoms. The van der Waals surface area contributed by atoms with Gasteiger partial charge in [-0.05, 0) is 12.5 Å². The van der Waals surface area contributed by atoms with E-state index in [1.165, 1.54) is 19.1 Å². The monoisotopic (exact) mass is 336 g/mol. The number of nitrogens with one attached hydrogen (secondary N) is 1. The van der Waals surface area contributed by atoms with Crippen LogP contribution in [0.2, 0.25) is 0 Å². The average molecular weight is 336 g/mol. The molecule has 0 aromatic heterocycles. The van der Waals surface area contributed by atoms with Crippen LogP contribution in [0.25, 0.3) is 0 Å². The molecule has 2 amide bonds. The molecule has 24 heavy (non-hydrogen) atoms. The molecule has 1 rings (SSSR count). The van der Waals surface area contributed by atoms with Gasteiger partial charge in [-0.1, -0.05) is 44.7 Å². The summed E-state index contributed by atoms with van der Waals surface area (Å²) in [6.45, 7) is 9.65. The molecule has 0 saturated heterocycles. The van der Waals surface area contributed by atoms with Crippen molar-refractivity contribution in [3.63, 3.8) is 0 Å². The molecule has 0 spiro atoms. The number of hydrogen-bond donors (Lipinski definition) is 1. The fourth-order valence-corrected chi connectivity index (χ4v) is 2.32. The van der Waals surface area contributed by atoms with Crippen LogP contribution in [-0.4, -0.2) is 50.8 Å². The van der Waals surface area contributed by atoms with Crippen LogP contribution in [0.3, 0.4) is 0 Å². The van der Waals surface area contributed by atoms with E-state index in [9.17, 15) is 9.59 Å². The first kappa shape index (κ1) is 21.7. The van der Waals surface area contributed by atoms with E-state index in [0.29, 0.717) is 11.3 Å². The van der Waals surface area contributed by atoms with E-state index in [0.717, 1.165) is 5.57 Å². The van der Waals surface area contributed by atoms with E-state index in [-0.39, 0.29) is 12.6 Å². The second-order valence-electron chi connectivity index (χ2n) is 4.66. The highest BCUT2D eigenvalue weighted by Gasteiger charge is 2.37. The predicted molar refractivity (Wildman–Crippen MR) is 95.4 cm³/mol. The number of rotatable bonds is 6. The molecule has 1 unspecified atom stereocenters. The maximum absolute atomic E-state index is 12.2. The van der Waals surface area contributed by atoms with Crippen molar-refractivity contribution >= 4 is 12.0 Å². The Kier molecular flexibility index (Phi) is 10.1. The summed E-state index contributed by atoms with van der Waals surface area (Å²) in [4.78, 5) is 25.8. The van der Waals surface area contributed by atoms with Crippen molar-refractivity contribution in [2.45, 2.75) is 26.8 Å². The quantitative estimate of drug-likeness (QED) is 0.598. The lowest BCUT2D eigenvalue weighted by atomic mass is 9.93. The van der Waals surface area contributed by atoms with Gasteiger partial charge >= 0.3 is 12.0 Å². The number of ether oxygens (including phenoxy) is 2. The molecule has 1 aliphatic rings. The van der Waals surface area contributed by atoms with E-state index < -0.39 is 12.0 Å². The summed E-state index contributed by atoms with van der Waals surface area (Å²) in [6, 6.07) is -0.885. The van der Waals surface area contributed by atoms with Crippen LogP contribution in [0.4, 0.5) is 4.79 Å². The summed E-state index contributed by atoms with van der Waals surface area (Å²) in [6.07, 6.45) is 7.03. The van der Waals surface area contributed by atoms with Gasteiger partial charge in [-0.25, -0.2) is 9.59 Å². The van der Waals surface area contributed by atoms with Crippen molar-refractivity contribution in [2.24, 2.45) is 0 Å². The molecule has 1 heterocycles. The molecular weight excluding hydrogens is 308 g/mol. The van der Waals surface area contributed by atoms with Gasteiger partial charge in [-0.3, -0.25) is 0 Å².